The Morgan fingerprint density at radius 2 is 0.571 bits per heavy atom. The number of hydrogen-bond donors (Lipinski definition) is 0. The van der Waals surface area contributed by atoms with Crippen LogP contribution in [-0.2, 0) is 43.1 Å². The molecule has 16 atom stereocenters. The summed E-state index contributed by atoms with van der Waals surface area (Å²) in [6.07, 6.45) is 5.10. The zero-order valence-electron chi connectivity index (χ0n) is 33.3. The molecule has 0 saturated heterocycles. The van der Waals surface area contributed by atoms with Crippen LogP contribution in [0.25, 0.3) is 0 Å². The Bertz CT molecular complexity index is 844. The molecule has 4 fully saturated rings. The van der Waals surface area contributed by atoms with Crippen molar-refractivity contribution in [3.8, 4) is 0 Å². The van der Waals surface area contributed by atoms with Crippen LogP contribution in [0, 0.1) is 149 Å². The van der Waals surface area contributed by atoms with E-state index in [0.29, 0.717) is 71.0 Å². The average Bonchev–Trinajstić information content (AvgIpc) is 3.06. The monoisotopic (exact) mass is 750 g/mol. The van der Waals surface area contributed by atoms with E-state index in [-0.39, 0.29) is 0 Å². The predicted octanol–water partition coefficient (Wildman–Crippen LogP) is 12.1. The first-order valence-electron chi connectivity index (χ1n) is 18.7. The SMILES string of the molecule is [CH-]=C1C([CH2-])C(C)CC(C)C1C.[CH-]=C1C([CH2-])C(C)CC(C)C1C.[CH-]=C1C([CH2-])C(C)CC(C)C1C.[CH-]=C1C([CH2-])C(C)CC(C)C1C.[O]=[V][O][V]=[O]. The van der Waals surface area contributed by atoms with Crippen molar-refractivity contribution in [1.82, 2.24) is 0 Å². The molecule has 4 aliphatic rings. The van der Waals surface area contributed by atoms with Crippen LogP contribution in [0.5, 0.6) is 0 Å². The molecule has 0 bridgehead atoms. The fourth-order valence-corrected chi connectivity index (χ4v) is 8.03. The van der Waals surface area contributed by atoms with E-state index in [0.717, 1.165) is 46.0 Å². The Labute approximate surface area is 321 Å². The zero-order chi connectivity index (χ0) is 38.5. The molecule has 284 valence electrons. The standard InChI is InChI=1S/4C11H18.3O.2V/c4*1-7-6-8(2)10(4)11(5)9(7)3;;;;;/h4*5,7-10H,3,6H2,1-2,4H3;;;;;/q4*-2;;;;;. The van der Waals surface area contributed by atoms with Crippen LogP contribution < -0.4 is 0 Å². The van der Waals surface area contributed by atoms with Gasteiger partial charge in [-0.2, -0.15) is 23.7 Å². The van der Waals surface area contributed by atoms with Crippen molar-refractivity contribution in [1.29, 1.82) is 0 Å². The van der Waals surface area contributed by atoms with Gasteiger partial charge < -0.3 is 54.0 Å². The van der Waals surface area contributed by atoms with Gasteiger partial charge in [0.05, 0.1) is 0 Å². The van der Waals surface area contributed by atoms with Crippen molar-refractivity contribution in [2.75, 3.05) is 0 Å². The summed E-state index contributed by atoms with van der Waals surface area (Å²) in [6.45, 7) is 67.1. The molecule has 0 amide bonds. The zero-order valence-corrected chi connectivity index (χ0v) is 36.1. The van der Waals surface area contributed by atoms with Gasteiger partial charge >= 0.3 is 43.1 Å². The molecule has 49 heavy (non-hydrogen) atoms. The number of hydrogen-bond acceptors (Lipinski definition) is 3. The van der Waals surface area contributed by atoms with Crippen molar-refractivity contribution in [3.63, 3.8) is 0 Å². The van der Waals surface area contributed by atoms with E-state index in [2.05, 4.69) is 113 Å². The Hall–Kier alpha value is -0.311. The van der Waals surface area contributed by atoms with Crippen LogP contribution in [0.15, 0.2) is 22.3 Å². The molecular weight excluding hydrogens is 678 g/mol. The minimum atomic E-state index is -1.30. The molecule has 0 spiro atoms. The molecule has 4 rings (SSSR count). The van der Waals surface area contributed by atoms with Gasteiger partial charge in [0.15, 0.2) is 0 Å². The second kappa shape index (κ2) is 23.4. The van der Waals surface area contributed by atoms with Crippen LogP contribution in [-0.4, -0.2) is 0 Å². The Balaban J connectivity index is 0.000000599. The molecule has 0 N–H and O–H groups in total. The summed E-state index contributed by atoms with van der Waals surface area (Å²) in [4.78, 5) is 0. The summed E-state index contributed by atoms with van der Waals surface area (Å²) >= 11 is -2.61. The fraction of sp³-hybridized carbons (Fsp3) is 0.727. The van der Waals surface area contributed by atoms with Crippen molar-refractivity contribution in [2.24, 2.45) is 94.7 Å². The third-order valence-electron chi connectivity index (χ3n) is 13.0. The van der Waals surface area contributed by atoms with Gasteiger partial charge in [-0.05, 0) is 49.4 Å². The van der Waals surface area contributed by atoms with Crippen molar-refractivity contribution >= 4 is 0 Å². The molecule has 5 heteroatoms. The van der Waals surface area contributed by atoms with Gasteiger partial charge in [-0.3, -0.25) is 22.3 Å². The normalized spacial score (nSPS) is 42.0. The van der Waals surface area contributed by atoms with Gasteiger partial charge in [0.25, 0.3) is 0 Å². The molecule has 3 nitrogen and oxygen atoms in total. The Morgan fingerprint density at radius 3 is 0.694 bits per heavy atom. The Morgan fingerprint density at radius 1 is 0.408 bits per heavy atom. The summed E-state index contributed by atoms with van der Waals surface area (Å²) in [6, 6.07) is 0. The summed E-state index contributed by atoms with van der Waals surface area (Å²) in [5.41, 5.74) is 4.43. The van der Waals surface area contributed by atoms with Gasteiger partial charge in [0.2, 0.25) is 0 Å². The second-order valence-corrected chi connectivity index (χ2v) is 18.3. The fourth-order valence-electron chi connectivity index (χ4n) is 7.81. The Kier molecular flexibility index (Phi) is 23.2. The molecular formula is C44H72O3V2-8. The van der Waals surface area contributed by atoms with E-state index in [1.165, 1.54) is 25.7 Å². The van der Waals surface area contributed by atoms with Crippen LogP contribution in [0.4, 0.5) is 0 Å². The third kappa shape index (κ3) is 14.9. The quantitative estimate of drug-likeness (QED) is 0.264. The molecule has 0 aliphatic heterocycles. The van der Waals surface area contributed by atoms with E-state index < -0.39 is 33.2 Å². The first-order chi connectivity index (χ1) is 22.6. The van der Waals surface area contributed by atoms with Gasteiger partial charge in [0, 0.05) is 0 Å². The molecule has 0 heterocycles. The summed E-state index contributed by atoms with van der Waals surface area (Å²) < 4.78 is 22.4. The number of allylic oxidation sites excluding steroid dienone is 4. The maximum absolute atomic E-state index is 9.22. The summed E-state index contributed by atoms with van der Waals surface area (Å²) in [7, 11) is 0. The van der Waals surface area contributed by atoms with Gasteiger partial charge in [-0.25, -0.2) is 0 Å². The van der Waals surface area contributed by atoms with E-state index in [4.69, 9.17) is 26.3 Å². The average molecular weight is 751 g/mol. The first kappa shape index (κ1) is 48.7. The van der Waals surface area contributed by atoms with Crippen LogP contribution >= 0.6 is 0 Å². The van der Waals surface area contributed by atoms with E-state index >= 15 is 0 Å². The molecule has 4 aliphatic carbocycles. The van der Waals surface area contributed by atoms with E-state index in [1.807, 2.05) is 0 Å². The third-order valence-corrected chi connectivity index (χ3v) is 14.1. The van der Waals surface area contributed by atoms with Crippen molar-refractivity contribution < 1.29 is 43.1 Å². The molecule has 16 unspecified atom stereocenters. The van der Waals surface area contributed by atoms with Crippen molar-refractivity contribution in [2.45, 2.75) is 109 Å². The molecule has 0 aromatic carbocycles. The van der Waals surface area contributed by atoms with Gasteiger partial charge in [-0.1, -0.05) is 130 Å². The van der Waals surface area contributed by atoms with E-state index in [9.17, 15) is 7.35 Å². The van der Waals surface area contributed by atoms with E-state index in [1.54, 1.807) is 0 Å². The second-order valence-electron chi connectivity index (χ2n) is 16.6. The topological polar surface area (TPSA) is 43.4 Å². The molecule has 0 aromatic rings. The van der Waals surface area contributed by atoms with Crippen molar-refractivity contribution in [3.05, 3.63) is 76.3 Å². The van der Waals surface area contributed by atoms with Gasteiger partial charge in [-0.15, -0.1) is 0 Å². The minimum absolute atomic E-state index is 0.376. The first-order valence-corrected chi connectivity index (χ1v) is 21.0. The van der Waals surface area contributed by atoms with Gasteiger partial charge in [0.1, 0.15) is 0 Å². The van der Waals surface area contributed by atoms with Crippen LogP contribution in [0.3, 0.4) is 0 Å². The predicted molar refractivity (Wildman–Crippen MR) is 198 cm³/mol. The molecule has 0 aromatic heterocycles. The van der Waals surface area contributed by atoms with Crippen LogP contribution in [0.2, 0.25) is 0 Å². The maximum atomic E-state index is 9.22. The molecule has 0 radical (unpaired) electrons. The summed E-state index contributed by atoms with van der Waals surface area (Å²) in [5.74, 6) is 9.39. The van der Waals surface area contributed by atoms with Crippen LogP contribution in [0.1, 0.15) is 109 Å². The summed E-state index contributed by atoms with van der Waals surface area (Å²) in [5, 5.41) is 0. The molecule has 4 saturated carbocycles. The number of rotatable bonds is 2.